The van der Waals surface area contributed by atoms with Crippen LogP contribution in [0.5, 0.6) is 0 Å². The Morgan fingerprint density at radius 2 is 2.09 bits per heavy atom. The number of benzene rings is 1. The fourth-order valence-electron chi connectivity index (χ4n) is 4.90. The number of fused-ring (bicyclic) bond motifs is 1. The summed E-state index contributed by atoms with van der Waals surface area (Å²) in [6.07, 6.45) is 10.00. The van der Waals surface area contributed by atoms with E-state index < -0.39 is 17.7 Å². The highest BCUT2D eigenvalue weighted by Crippen LogP contribution is 2.50. The van der Waals surface area contributed by atoms with Crippen LogP contribution in [0.15, 0.2) is 47.5 Å². The fraction of sp³-hybridized carbons (Fsp3) is 0.556. The van der Waals surface area contributed by atoms with Crippen LogP contribution in [0.4, 0.5) is 0 Å². The summed E-state index contributed by atoms with van der Waals surface area (Å²) in [5.41, 5.74) is 1.39. The molecule has 32 heavy (non-hydrogen) atoms. The smallest absolute Gasteiger partial charge is 0.185 e. The summed E-state index contributed by atoms with van der Waals surface area (Å²) in [7, 11) is 0. The van der Waals surface area contributed by atoms with Gasteiger partial charge in [0.25, 0.3) is 0 Å². The summed E-state index contributed by atoms with van der Waals surface area (Å²) >= 11 is 3.87. The average Bonchev–Trinajstić information content (AvgIpc) is 3.23. The molecule has 0 saturated heterocycles. The zero-order chi connectivity index (χ0) is 23.0. The van der Waals surface area contributed by atoms with Gasteiger partial charge in [-0.1, -0.05) is 68.4 Å². The van der Waals surface area contributed by atoms with E-state index in [0.29, 0.717) is 12.8 Å². The minimum atomic E-state index is -0.613. The van der Waals surface area contributed by atoms with E-state index in [9.17, 15) is 15.0 Å². The van der Waals surface area contributed by atoms with Crippen molar-refractivity contribution in [3.63, 3.8) is 0 Å². The van der Waals surface area contributed by atoms with Gasteiger partial charge in [0.05, 0.1) is 12.2 Å². The van der Waals surface area contributed by atoms with Gasteiger partial charge < -0.3 is 10.2 Å². The fourth-order valence-corrected chi connectivity index (χ4v) is 5.06. The molecule has 2 N–H and O–H groups in total. The first-order valence-corrected chi connectivity index (χ1v) is 12.3. The Balaban J connectivity index is 1.79. The quantitative estimate of drug-likeness (QED) is 0.207. The van der Waals surface area contributed by atoms with Crippen LogP contribution >= 0.6 is 12.6 Å². The van der Waals surface area contributed by atoms with Crippen molar-refractivity contribution in [1.29, 1.82) is 0 Å². The van der Waals surface area contributed by atoms with Crippen molar-refractivity contribution in [2.45, 2.75) is 82.5 Å². The van der Waals surface area contributed by atoms with Crippen molar-refractivity contribution in [1.82, 2.24) is 0 Å². The standard InChI is InChI=1S/C27H35NO3S/c1-2-3-5-12-22(29)14-15-23-24-18-21(11-8-13-26(31)32)28-27(24,19-25(23)30)17-16-20-9-6-4-7-10-20/h4,6-7,9-10,14-15,22-25,29-30H,2-3,5,8,11-13,18-19H2,1H3,(H,31,32)/b15-14+. The molecule has 3 rings (SSSR count). The highest BCUT2D eigenvalue weighted by atomic mass is 32.1. The number of hydrogen-bond acceptors (Lipinski definition) is 4. The summed E-state index contributed by atoms with van der Waals surface area (Å²) in [5, 5.41) is 21.1. The molecule has 4 nitrogen and oxygen atoms in total. The molecule has 2 aliphatic rings. The van der Waals surface area contributed by atoms with Crippen molar-refractivity contribution in [3.8, 4) is 11.8 Å². The lowest BCUT2D eigenvalue weighted by Crippen LogP contribution is -2.27. The number of hydrogen-bond donors (Lipinski definition) is 3. The Labute approximate surface area is 197 Å². The summed E-state index contributed by atoms with van der Waals surface area (Å²) in [4.78, 5) is 16.2. The predicted molar refractivity (Wildman–Crippen MR) is 133 cm³/mol. The van der Waals surface area contributed by atoms with Crippen molar-refractivity contribution in [3.05, 3.63) is 48.0 Å². The zero-order valence-electron chi connectivity index (χ0n) is 18.9. The topological polar surface area (TPSA) is 69.9 Å². The Kier molecular flexibility index (Phi) is 9.16. The molecular formula is C27H35NO3S. The maximum absolute atomic E-state index is 11.2. The van der Waals surface area contributed by atoms with Crippen molar-refractivity contribution >= 4 is 23.5 Å². The minimum Gasteiger partial charge on any atom is -0.392 e. The molecule has 5 heteroatoms. The third-order valence-corrected chi connectivity index (χ3v) is 6.79. The second-order valence-corrected chi connectivity index (χ2v) is 9.57. The third-order valence-electron chi connectivity index (χ3n) is 6.57. The monoisotopic (exact) mass is 453 g/mol. The van der Waals surface area contributed by atoms with E-state index in [-0.39, 0.29) is 17.0 Å². The Hall–Kier alpha value is -1.87. The van der Waals surface area contributed by atoms with E-state index in [4.69, 9.17) is 4.99 Å². The number of thiol groups is 1. The van der Waals surface area contributed by atoms with Crippen LogP contribution in [0.25, 0.3) is 0 Å². The molecule has 0 radical (unpaired) electrons. The number of aliphatic hydroxyl groups excluding tert-OH is 2. The predicted octanol–water partition coefficient (Wildman–Crippen LogP) is 4.74. The van der Waals surface area contributed by atoms with Crippen LogP contribution in [0.1, 0.15) is 70.3 Å². The molecule has 1 heterocycles. The van der Waals surface area contributed by atoms with E-state index in [0.717, 1.165) is 56.2 Å². The van der Waals surface area contributed by atoms with Gasteiger partial charge >= 0.3 is 0 Å². The minimum absolute atomic E-state index is 0.0782. The molecule has 0 bridgehead atoms. The second-order valence-electron chi connectivity index (χ2n) is 9.07. The van der Waals surface area contributed by atoms with Gasteiger partial charge in [0.1, 0.15) is 5.54 Å². The van der Waals surface area contributed by atoms with Crippen LogP contribution in [-0.4, -0.2) is 38.8 Å². The number of carbonyl (C=O) groups excluding carboxylic acids is 1. The number of rotatable bonds is 10. The lowest BCUT2D eigenvalue weighted by molar-refractivity contribution is -0.110. The largest absolute Gasteiger partial charge is 0.392 e. The van der Waals surface area contributed by atoms with Gasteiger partial charge in [-0.3, -0.25) is 9.79 Å². The number of carbonyl (C=O) groups is 1. The lowest BCUT2D eigenvalue weighted by atomic mass is 9.82. The molecular weight excluding hydrogens is 418 g/mol. The van der Waals surface area contributed by atoms with E-state index >= 15 is 0 Å². The summed E-state index contributed by atoms with van der Waals surface area (Å²) in [6.45, 7) is 2.15. The van der Waals surface area contributed by atoms with E-state index in [1.54, 1.807) is 0 Å². The zero-order valence-corrected chi connectivity index (χ0v) is 19.8. The molecule has 5 atom stereocenters. The van der Waals surface area contributed by atoms with Crippen LogP contribution < -0.4 is 0 Å². The van der Waals surface area contributed by atoms with Gasteiger partial charge in [-0.25, -0.2) is 0 Å². The molecule has 5 unspecified atom stereocenters. The summed E-state index contributed by atoms with van der Waals surface area (Å²) < 4.78 is 0. The normalized spacial score (nSPS) is 27.6. The molecule has 172 valence electrons. The number of unbranched alkanes of at least 4 members (excludes halogenated alkanes) is 2. The van der Waals surface area contributed by atoms with E-state index in [2.05, 4.69) is 31.4 Å². The summed E-state index contributed by atoms with van der Waals surface area (Å²) in [6, 6.07) is 9.85. The van der Waals surface area contributed by atoms with Crippen LogP contribution in [0.3, 0.4) is 0 Å². The van der Waals surface area contributed by atoms with Gasteiger partial charge in [0, 0.05) is 36.0 Å². The van der Waals surface area contributed by atoms with E-state index in [1.807, 2.05) is 42.5 Å². The molecule has 0 aromatic heterocycles. The molecule has 1 aliphatic heterocycles. The van der Waals surface area contributed by atoms with Crippen LogP contribution in [0.2, 0.25) is 0 Å². The molecule has 1 aromatic carbocycles. The first kappa shape index (κ1) is 24.8. The van der Waals surface area contributed by atoms with Crippen LogP contribution in [-0.2, 0) is 4.79 Å². The van der Waals surface area contributed by atoms with E-state index in [1.165, 1.54) is 0 Å². The van der Waals surface area contributed by atoms with Crippen molar-refractivity contribution in [2.75, 3.05) is 0 Å². The second kappa shape index (κ2) is 11.8. The van der Waals surface area contributed by atoms with Crippen LogP contribution in [0, 0.1) is 23.7 Å². The van der Waals surface area contributed by atoms with Crippen molar-refractivity contribution in [2.24, 2.45) is 16.8 Å². The molecule has 1 saturated carbocycles. The maximum Gasteiger partial charge on any atom is 0.185 e. The van der Waals surface area contributed by atoms with Gasteiger partial charge in [0.2, 0.25) is 0 Å². The molecule has 1 aliphatic carbocycles. The number of nitrogens with zero attached hydrogens (tertiary/aromatic N) is 1. The third kappa shape index (κ3) is 6.57. The van der Waals surface area contributed by atoms with Crippen molar-refractivity contribution < 1.29 is 15.0 Å². The van der Waals surface area contributed by atoms with Gasteiger partial charge in [-0.15, -0.1) is 12.6 Å². The maximum atomic E-state index is 11.2. The number of aliphatic hydroxyl groups is 2. The van der Waals surface area contributed by atoms with Gasteiger partial charge in [-0.2, -0.15) is 0 Å². The van der Waals surface area contributed by atoms with Gasteiger partial charge in [-0.05, 0) is 37.8 Å². The molecule has 0 amide bonds. The van der Waals surface area contributed by atoms with Gasteiger partial charge in [0.15, 0.2) is 5.12 Å². The Morgan fingerprint density at radius 3 is 2.81 bits per heavy atom. The highest BCUT2D eigenvalue weighted by Gasteiger charge is 2.54. The first-order valence-electron chi connectivity index (χ1n) is 11.9. The molecule has 0 spiro atoms. The Bertz CT molecular complexity index is 885. The molecule has 1 fully saturated rings. The highest BCUT2D eigenvalue weighted by molar-refractivity contribution is 7.96. The summed E-state index contributed by atoms with van der Waals surface area (Å²) in [5.74, 6) is 6.68. The SMILES string of the molecule is CCCCCC(O)/C=C/C1C(O)CC2(C#Cc3ccccc3)N=C(CCCC(=O)S)CC12. The first-order chi connectivity index (χ1) is 15.4. The molecule has 1 aromatic rings. The Morgan fingerprint density at radius 1 is 1.31 bits per heavy atom. The lowest BCUT2D eigenvalue weighted by Gasteiger charge is -2.22. The number of aliphatic imine (C=N–C) groups is 1. The average molecular weight is 454 g/mol.